The number of aromatic amines is 1. The molecular formula is C19H19FN2O2. The number of rotatable bonds is 5. The lowest BCUT2D eigenvalue weighted by Gasteiger charge is -2.11. The van der Waals surface area contributed by atoms with E-state index in [0.717, 1.165) is 22.2 Å². The molecule has 0 aliphatic carbocycles. The molecule has 0 saturated heterocycles. The van der Waals surface area contributed by atoms with E-state index in [1.807, 2.05) is 32.0 Å². The molecule has 0 spiro atoms. The second-order valence-corrected chi connectivity index (χ2v) is 5.57. The van der Waals surface area contributed by atoms with Crippen molar-refractivity contribution in [3.05, 3.63) is 59.5 Å². The third kappa shape index (κ3) is 3.25. The lowest BCUT2D eigenvalue weighted by atomic mass is 10.1. The Hall–Kier alpha value is -2.82. The van der Waals surface area contributed by atoms with Crippen molar-refractivity contribution in [3.63, 3.8) is 0 Å². The molecule has 0 atom stereocenters. The normalized spacial score (nSPS) is 10.8. The van der Waals surface area contributed by atoms with Crippen molar-refractivity contribution in [1.82, 2.24) is 4.98 Å². The number of amides is 1. The van der Waals surface area contributed by atoms with Gasteiger partial charge in [0.2, 0.25) is 5.91 Å². The standard InChI is InChI=1S/C19H19FN2O2/c1-3-24-18-7-5-4-6-17(18)22-19(23)11-14-12(2)21-16-9-8-13(20)10-15(14)16/h4-10,21H,3,11H2,1-2H3,(H,22,23). The second kappa shape index (κ2) is 6.74. The van der Waals surface area contributed by atoms with E-state index in [2.05, 4.69) is 10.3 Å². The number of aryl methyl sites for hydroxylation is 1. The molecule has 2 N–H and O–H groups in total. The van der Waals surface area contributed by atoms with Crippen molar-refractivity contribution < 1.29 is 13.9 Å². The zero-order valence-corrected chi connectivity index (χ0v) is 13.7. The third-order valence-corrected chi connectivity index (χ3v) is 3.88. The Bertz CT molecular complexity index is 886. The first-order valence-corrected chi connectivity index (χ1v) is 7.87. The summed E-state index contributed by atoms with van der Waals surface area (Å²) in [6.45, 7) is 4.30. The van der Waals surface area contributed by atoms with Gasteiger partial charge < -0.3 is 15.0 Å². The van der Waals surface area contributed by atoms with E-state index < -0.39 is 0 Å². The van der Waals surface area contributed by atoms with Crippen LogP contribution in [-0.4, -0.2) is 17.5 Å². The molecule has 3 aromatic rings. The maximum atomic E-state index is 13.5. The molecule has 1 heterocycles. The number of anilines is 1. The van der Waals surface area contributed by atoms with Gasteiger partial charge in [0.25, 0.3) is 0 Å². The summed E-state index contributed by atoms with van der Waals surface area (Å²) >= 11 is 0. The number of fused-ring (bicyclic) bond motifs is 1. The zero-order valence-electron chi connectivity index (χ0n) is 13.7. The van der Waals surface area contributed by atoms with Crippen LogP contribution in [0.5, 0.6) is 5.75 Å². The summed E-state index contributed by atoms with van der Waals surface area (Å²) in [5, 5.41) is 3.61. The number of hydrogen-bond donors (Lipinski definition) is 2. The Labute approximate surface area is 139 Å². The van der Waals surface area contributed by atoms with Gasteiger partial charge in [-0.1, -0.05) is 12.1 Å². The van der Waals surface area contributed by atoms with Gasteiger partial charge in [-0.2, -0.15) is 0 Å². The van der Waals surface area contributed by atoms with Crippen LogP contribution in [-0.2, 0) is 11.2 Å². The first-order valence-electron chi connectivity index (χ1n) is 7.87. The number of hydrogen-bond acceptors (Lipinski definition) is 2. The topological polar surface area (TPSA) is 54.1 Å². The minimum Gasteiger partial charge on any atom is -0.492 e. The molecule has 24 heavy (non-hydrogen) atoms. The van der Waals surface area contributed by atoms with Crippen LogP contribution in [0.25, 0.3) is 10.9 Å². The van der Waals surface area contributed by atoms with Crippen molar-refractivity contribution in [2.45, 2.75) is 20.3 Å². The Morgan fingerprint density at radius 1 is 1.25 bits per heavy atom. The van der Waals surface area contributed by atoms with Gasteiger partial charge in [-0.15, -0.1) is 0 Å². The maximum absolute atomic E-state index is 13.5. The summed E-state index contributed by atoms with van der Waals surface area (Å²) in [5.41, 5.74) is 3.12. The predicted molar refractivity (Wildman–Crippen MR) is 92.9 cm³/mol. The summed E-state index contributed by atoms with van der Waals surface area (Å²) in [7, 11) is 0. The minimum absolute atomic E-state index is 0.162. The Balaban J connectivity index is 1.83. The van der Waals surface area contributed by atoms with Gasteiger partial charge in [-0.25, -0.2) is 4.39 Å². The van der Waals surface area contributed by atoms with Gasteiger partial charge in [-0.3, -0.25) is 4.79 Å². The van der Waals surface area contributed by atoms with Crippen LogP contribution in [0.4, 0.5) is 10.1 Å². The van der Waals surface area contributed by atoms with Crippen molar-refractivity contribution in [2.75, 3.05) is 11.9 Å². The Morgan fingerprint density at radius 2 is 2.04 bits per heavy atom. The van der Waals surface area contributed by atoms with Crippen LogP contribution >= 0.6 is 0 Å². The quantitative estimate of drug-likeness (QED) is 0.738. The van der Waals surface area contributed by atoms with Crippen LogP contribution in [0.3, 0.4) is 0 Å². The van der Waals surface area contributed by atoms with Gasteiger partial charge in [0.1, 0.15) is 11.6 Å². The monoisotopic (exact) mass is 326 g/mol. The van der Waals surface area contributed by atoms with Crippen molar-refractivity contribution in [1.29, 1.82) is 0 Å². The van der Waals surface area contributed by atoms with Crippen molar-refractivity contribution in [3.8, 4) is 5.75 Å². The number of carbonyl (C=O) groups excluding carboxylic acids is 1. The number of benzene rings is 2. The average Bonchev–Trinajstić information content (AvgIpc) is 2.85. The molecule has 0 aliphatic rings. The molecule has 0 unspecified atom stereocenters. The van der Waals surface area contributed by atoms with Crippen LogP contribution < -0.4 is 10.1 Å². The SMILES string of the molecule is CCOc1ccccc1NC(=O)Cc1c(C)[nH]c2ccc(F)cc12. The molecule has 0 bridgehead atoms. The number of halogens is 1. The van der Waals surface area contributed by atoms with Crippen molar-refractivity contribution in [2.24, 2.45) is 0 Å². The highest BCUT2D eigenvalue weighted by Crippen LogP contribution is 2.26. The minimum atomic E-state index is -0.315. The molecule has 4 nitrogen and oxygen atoms in total. The predicted octanol–water partition coefficient (Wildman–Crippen LogP) is 4.20. The van der Waals surface area contributed by atoms with Crippen LogP contribution in [0, 0.1) is 12.7 Å². The van der Waals surface area contributed by atoms with E-state index in [4.69, 9.17) is 4.74 Å². The molecule has 1 amide bonds. The lowest BCUT2D eigenvalue weighted by molar-refractivity contribution is -0.115. The number of para-hydroxylation sites is 2. The number of ether oxygens (including phenoxy) is 1. The number of carbonyl (C=O) groups is 1. The van der Waals surface area contributed by atoms with E-state index in [1.165, 1.54) is 12.1 Å². The highest BCUT2D eigenvalue weighted by atomic mass is 19.1. The lowest BCUT2D eigenvalue weighted by Crippen LogP contribution is -2.15. The molecule has 0 saturated carbocycles. The van der Waals surface area contributed by atoms with E-state index in [0.29, 0.717) is 18.0 Å². The molecule has 124 valence electrons. The average molecular weight is 326 g/mol. The first kappa shape index (κ1) is 16.1. The Kier molecular flexibility index (Phi) is 4.51. The van der Waals surface area contributed by atoms with Crippen LogP contribution in [0.1, 0.15) is 18.2 Å². The fraction of sp³-hybridized carbons (Fsp3) is 0.211. The van der Waals surface area contributed by atoms with E-state index in [9.17, 15) is 9.18 Å². The van der Waals surface area contributed by atoms with Crippen LogP contribution in [0.15, 0.2) is 42.5 Å². The fourth-order valence-electron chi connectivity index (χ4n) is 2.79. The maximum Gasteiger partial charge on any atom is 0.228 e. The van der Waals surface area contributed by atoms with E-state index in [1.54, 1.807) is 12.1 Å². The molecule has 1 aromatic heterocycles. The molecule has 0 fully saturated rings. The molecule has 5 heteroatoms. The summed E-state index contributed by atoms with van der Waals surface area (Å²) < 4.78 is 19.0. The Morgan fingerprint density at radius 3 is 2.83 bits per heavy atom. The molecular weight excluding hydrogens is 307 g/mol. The van der Waals surface area contributed by atoms with Crippen LogP contribution in [0.2, 0.25) is 0 Å². The summed E-state index contributed by atoms with van der Waals surface area (Å²) in [5.74, 6) is 0.148. The molecule has 0 radical (unpaired) electrons. The largest absolute Gasteiger partial charge is 0.492 e. The van der Waals surface area contributed by atoms with Gasteiger partial charge in [0.05, 0.1) is 18.7 Å². The zero-order chi connectivity index (χ0) is 17.1. The van der Waals surface area contributed by atoms with E-state index in [-0.39, 0.29) is 18.1 Å². The first-order chi connectivity index (χ1) is 11.6. The smallest absolute Gasteiger partial charge is 0.228 e. The second-order valence-electron chi connectivity index (χ2n) is 5.57. The fourth-order valence-corrected chi connectivity index (χ4v) is 2.79. The van der Waals surface area contributed by atoms with Crippen molar-refractivity contribution >= 4 is 22.5 Å². The molecule has 0 aliphatic heterocycles. The highest BCUT2D eigenvalue weighted by molar-refractivity contribution is 5.97. The summed E-state index contributed by atoms with van der Waals surface area (Å²) in [6.07, 6.45) is 0.162. The molecule has 2 aromatic carbocycles. The highest BCUT2D eigenvalue weighted by Gasteiger charge is 2.14. The number of aromatic nitrogens is 1. The van der Waals surface area contributed by atoms with Gasteiger partial charge in [0, 0.05) is 16.6 Å². The molecule has 3 rings (SSSR count). The number of nitrogens with one attached hydrogen (secondary N) is 2. The summed E-state index contributed by atoms with van der Waals surface area (Å²) in [4.78, 5) is 15.6. The third-order valence-electron chi connectivity index (χ3n) is 3.88. The number of H-pyrrole nitrogens is 1. The summed E-state index contributed by atoms with van der Waals surface area (Å²) in [6, 6.07) is 11.8. The van der Waals surface area contributed by atoms with Gasteiger partial charge in [-0.05, 0) is 49.7 Å². The van der Waals surface area contributed by atoms with Gasteiger partial charge >= 0.3 is 0 Å². The van der Waals surface area contributed by atoms with Gasteiger partial charge in [0.15, 0.2) is 0 Å². The van der Waals surface area contributed by atoms with E-state index >= 15 is 0 Å².